The van der Waals surface area contributed by atoms with Crippen LogP contribution in [0, 0.1) is 5.82 Å². The molecule has 3 rings (SSSR count). The first-order valence-electron chi connectivity index (χ1n) is 11.1. The van der Waals surface area contributed by atoms with E-state index in [2.05, 4.69) is 5.32 Å². The van der Waals surface area contributed by atoms with Gasteiger partial charge in [-0.05, 0) is 54.7 Å². The van der Waals surface area contributed by atoms with Crippen LogP contribution in [0.3, 0.4) is 0 Å². The highest BCUT2D eigenvalue weighted by Crippen LogP contribution is 2.21. The van der Waals surface area contributed by atoms with Crippen LogP contribution in [-0.4, -0.2) is 34.6 Å². The number of nitrogens with one attached hydrogen (secondary N) is 1. The second-order valence-corrected chi connectivity index (χ2v) is 9.60. The molecule has 0 radical (unpaired) electrons. The number of carbonyl (C=O) groups is 2. The summed E-state index contributed by atoms with van der Waals surface area (Å²) < 4.78 is 13.4. The SMILES string of the molecule is CCC(C(=O)NC1CCCC1)N(Cc1ccc(F)cc1)C(=O)CSCc1ccc(Cl)cc1. The van der Waals surface area contributed by atoms with Crippen molar-refractivity contribution in [3.8, 4) is 0 Å². The van der Waals surface area contributed by atoms with Crippen molar-refractivity contribution in [1.82, 2.24) is 10.2 Å². The monoisotopic (exact) mass is 476 g/mol. The minimum Gasteiger partial charge on any atom is -0.352 e. The normalized spacial score (nSPS) is 14.8. The fraction of sp³-hybridized carbons (Fsp3) is 0.440. The summed E-state index contributed by atoms with van der Waals surface area (Å²) in [5.41, 5.74) is 1.89. The number of nitrogens with zero attached hydrogens (tertiary/aromatic N) is 1. The molecule has 1 N–H and O–H groups in total. The van der Waals surface area contributed by atoms with Crippen LogP contribution in [-0.2, 0) is 21.9 Å². The van der Waals surface area contributed by atoms with E-state index in [0.29, 0.717) is 17.2 Å². The van der Waals surface area contributed by atoms with Crippen molar-refractivity contribution in [1.29, 1.82) is 0 Å². The van der Waals surface area contributed by atoms with E-state index in [-0.39, 0.29) is 36.0 Å². The van der Waals surface area contributed by atoms with Gasteiger partial charge in [-0.1, -0.05) is 55.6 Å². The molecule has 7 heteroatoms. The Morgan fingerprint density at radius 3 is 2.34 bits per heavy atom. The van der Waals surface area contributed by atoms with Crippen LogP contribution in [0.1, 0.15) is 50.2 Å². The van der Waals surface area contributed by atoms with Crippen LogP contribution in [0.25, 0.3) is 0 Å². The van der Waals surface area contributed by atoms with Gasteiger partial charge in [-0.3, -0.25) is 9.59 Å². The Morgan fingerprint density at radius 1 is 1.09 bits per heavy atom. The van der Waals surface area contributed by atoms with Crippen LogP contribution in [0.2, 0.25) is 5.02 Å². The highest BCUT2D eigenvalue weighted by molar-refractivity contribution is 7.99. The van der Waals surface area contributed by atoms with Gasteiger partial charge in [0.1, 0.15) is 11.9 Å². The first kappa shape index (κ1) is 24.6. The van der Waals surface area contributed by atoms with Gasteiger partial charge in [0.2, 0.25) is 11.8 Å². The van der Waals surface area contributed by atoms with Crippen LogP contribution >= 0.6 is 23.4 Å². The number of benzene rings is 2. The maximum absolute atomic E-state index is 13.4. The molecule has 1 atom stereocenters. The molecule has 0 aliphatic heterocycles. The van der Waals surface area contributed by atoms with Gasteiger partial charge >= 0.3 is 0 Å². The van der Waals surface area contributed by atoms with Crippen molar-refractivity contribution in [2.24, 2.45) is 0 Å². The number of carbonyl (C=O) groups excluding carboxylic acids is 2. The molecule has 1 saturated carbocycles. The van der Waals surface area contributed by atoms with E-state index in [9.17, 15) is 14.0 Å². The van der Waals surface area contributed by atoms with Crippen molar-refractivity contribution in [2.45, 2.75) is 63.4 Å². The Hall–Kier alpha value is -2.05. The van der Waals surface area contributed by atoms with Crippen LogP contribution in [0.5, 0.6) is 0 Å². The summed E-state index contributed by atoms with van der Waals surface area (Å²) in [5, 5.41) is 3.82. The standard InChI is InChI=1S/C25H30ClFN2O2S/c1-2-23(25(31)28-22-5-3-4-6-22)29(15-18-9-13-21(27)14-10-18)24(30)17-32-16-19-7-11-20(26)12-8-19/h7-14,22-23H,2-6,15-17H2,1H3,(H,28,31). The highest BCUT2D eigenvalue weighted by atomic mass is 35.5. The number of thioether (sulfide) groups is 1. The quantitative estimate of drug-likeness (QED) is 0.487. The molecule has 0 saturated heterocycles. The zero-order valence-electron chi connectivity index (χ0n) is 18.4. The number of halogens is 2. The molecule has 1 aliphatic carbocycles. The Morgan fingerprint density at radius 2 is 1.72 bits per heavy atom. The Balaban J connectivity index is 1.68. The van der Waals surface area contributed by atoms with Gasteiger partial charge in [-0.15, -0.1) is 11.8 Å². The molecule has 4 nitrogen and oxygen atoms in total. The smallest absolute Gasteiger partial charge is 0.243 e. The molecule has 0 spiro atoms. The summed E-state index contributed by atoms with van der Waals surface area (Å²) in [4.78, 5) is 27.9. The molecule has 1 aliphatic rings. The Labute approximate surface area is 198 Å². The molecule has 172 valence electrons. The van der Waals surface area contributed by atoms with Crippen LogP contribution in [0.15, 0.2) is 48.5 Å². The molecule has 2 aromatic rings. The van der Waals surface area contributed by atoms with Gasteiger partial charge in [-0.2, -0.15) is 0 Å². The molecular weight excluding hydrogens is 447 g/mol. The topological polar surface area (TPSA) is 49.4 Å². The number of rotatable bonds is 10. The second kappa shape index (κ2) is 12.3. The third-order valence-electron chi connectivity index (χ3n) is 5.76. The lowest BCUT2D eigenvalue weighted by atomic mass is 10.1. The van der Waals surface area contributed by atoms with Crippen molar-refractivity contribution < 1.29 is 14.0 Å². The first-order chi connectivity index (χ1) is 15.5. The molecule has 2 aromatic carbocycles. The molecule has 0 aromatic heterocycles. The van der Waals surface area contributed by atoms with E-state index in [4.69, 9.17) is 11.6 Å². The van der Waals surface area contributed by atoms with Gasteiger partial charge in [0, 0.05) is 23.4 Å². The van der Waals surface area contributed by atoms with E-state index in [0.717, 1.165) is 36.8 Å². The van der Waals surface area contributed by atoms with Gasteiger partial charge in [-0.25, -0.2) is 4.39 Å². The van der Waals surface area contributed by atoms with E-state index >= 15 is 0 Å². The number of hydrogen-bond donors (Lipinski definition) is 1. The molecule has 0 bridgehead atoms. The molecule has 1 fully saturated rings. The summed E-state index contributed by atoms with van der Waals surface area (Å²) in [6.07, 6.45) is 4.76. The van der Waals surface area contributed by atoms with Gasteiger partial charge in [0.25, 0.3) is 0 Å². The van der Waals surface area contributed by atoms with Crippen molar-refractivity contribution >= 4 is 35.2 Å². The summed E-state index contributed by atoms with van der Waals surface area (Å²) in [5.74, 6) is 0.422. The maximum Gasteiger partial charge on any atom is 0.243 e. The largest absolute Gasteiger partial charge is 0.352 e. The molecule has 2 amide bonds. The third kappa shape index (κ3) is 7.24. The van der Waals surface area contributed by atoms with Crippen molar-refractivity contribution in [2.75, 3.05) is 5.75 Å². The maximum atomic E-state index is 13.4. The average molecular weight is 477 g/mol. The van der Waals surface area contributed by atoms with E-state index < -0.39 is 6.04 Å². The average Bonchev–Trinajstić information content (AvgIpc) is 3.29. The predicted octanol–water partition coefficient (Wildman–Crippen LogP) is 5.58. The molecular formula is C25H30ClFN2O2S. The summed E-state index contributed by atoms with van der Waals surface area (Å²) >= 11 is 7.44. The van der Waals surface area contributed by atoms with Gasteiger partial charge in [0.05, 0.1) is 5.75 Å². The minimum atomic E-state index is -0.552. The Kier molecular flexibility index (Phi) is 9.42. The Bertz CT molecular complexity index is 886. The molecule has 32 heavy (non-hydrogen) atoms. The number of hydrogen-bond acceptors (Lipinski definition) is 3. The molecule has 1 unspecified atom stereocenters. The first-order valence-corrected chi connectivity index (χ1v) is 12.7. The van der Waals surface area contributed by atoms with Crippen molar-refractivity contribution in [3.63, 3.8) is 0 Å². The van der Waals surface area contributed by atoms with Gasteiger partial charge in [0.15, 0.2) is 0 Å². The highest BCUT2D eigenvalue weighted by Gasteiger charge is 2.30. The summed E-state index contributed by atoms with van der Waals surface area (Å²) in [6, 6.07) is 13.3. The number of amides is 2. The lowest BCUT2D eigenvalue weighted by molar-refractivity contribution is -0.139. The minimum absolute atomic E-state index is 0.0956. The predicted molar refractivity (Wildman–Crippen MR) is 129 cm³/mol. The van der Waals surface area contributed by atoms with Gasteiger partial charge < -0.3 is 10.2 Å². The summed E-state index contributed by atoms with van der Waals surface area (Å²) in [6.45, 7) is 2.20. The fourth-order valence-corrected chi connectivity index (χ4v) is 4.99. The van der Waals surface area contributed by atoms with E-state index in [1.54, 1.807) is 17.0 Å². The molecule has 0 heterocycles. The van der Waals surface area contributed by atoms with E-state index in [1.165, 1.54) is 23.9 Å². The fourth-order valence-electron chi connectivity index (χ4n) is 3.99. The lowest BCUT2D eigenvalue weighted by Crippen LogP contribution is -2.51. The zero-order chi connectivity index (χ0) is 22.9. The lowest BCUT2D eigenvalue weighted by Gasteiger charge is -2.31. The van der Waals surface area contributed by atoms with Crippen molar-refractivity contribution in [3.05, 3.63) is 70.5 Å². The van der Waals surface area contributed by atoms with Crippen LogP contribution in [0.4, 0.5) is 4.39 Å². The second-order valence-electron chi connectivity index (χ2n) is 8.18. The van der Waals surface area contributed by atoms with Crippen LogP contribution < -0.4 is 5.32 Å². The van der Waals surface area contributed by atoms with E-state index in [1.807, 2.05) is 31.2 Å². The zero-order valence-corrected chi connectivity index (χ0v) is 19.9. The summed E-state index contributed by atoms with van der Waals surface area (Å²) in [7, 11) is 0. The third-order valence-corrected chi connectivity index (χ3v) is 7.00.